The van der Waals surface area contributed by atoms with Gasteiger partial charge in [-0.1, -0.05) is 15.6 Å². The fourth-order valence-corrected chi connectivity index (χ4v) is 5.35. The average molecular weight is 450 g/mol. The first-order chi connectivity index (χ1) is 16.8. The number of hydrogen-bond acceptors (Lipinski definition) is 6. The van der Waals surface area contributed by atoms with Gasteiger partial charge in [-0.3, -0.25) is 15.3 Å². The van der Waals surface area contributed by atoms with Gasteiger partial charge in [0.15, 0.2) is 0 Å². The maximum Gasteiger partial charge on any atom is 0.113 e. The van der Waals surface area contributed by atoms with Crippen molar-refractivity contribution in [3.05, 3.63) is 69.8 Å². The quantitative estimate of drug-likeness (QED) is 0.326. The molecule has 0 amide bonds. The molecule has 1 aliphatic carbocycles. The van der Waals surface area contributed by atoms with Crippen LogP contribution in [0.15, 0.2) is 36.4 Å². The molecule has 0 spiro atoms. The standard InChI is InChI=1S/C25H23N9/c1-2-14-8-20-22(28-32-26-20)10-16(14)4-6-18-12-24-25(31-34-30-24)13-19(18)7-5-17-11-23-21(27-33-29-23)9-15(17)3-1/h8-13H,1-7H2,(H,26,28,32)(H,27,29,33)(H,30,31,34). The fourth-order valence-electron chi connectivity index (χ4n) is 5.35. The summed E-state index contributed by atoms with van der Waals surface area (Å²) in [6.07, 6.45) is 6.92. The highest BCUT2D eigenvalue weighted by molar-refractivity contribution is 5.77. The Labute approximate surface area is 194 Å². The Hall–Kier alpha value is -4.14. The van der Waals surface area contributed by atoms with Gasteiger partial charge in [-0.05, 0) is 115 Å². The van der Waals surface area contributed by atoms with E-state index in [0.29, 0.717) is 0 Å². The minimum absolute atomic E-state index is 0.917. The maximum atomic E-state index is 4.27. The number of aromatic nitrogens is 9. The van der Waals surface area contributed by atoms with Gasteiger partial charge < -0.3 is 0 Å². The number of hydrogen-bond donors (Lipinski definition) is 3. The Bertz CT molecular complexity index is 1540. The van der Waals surface area contributed by atoms with Crippen molar-refractivity contribution in [2.24, 2.45) is 0 Å². The monoisotopic (exact) mass is 449 g/mol. The molecule has 0 saturated carbocycles. The molecule has 0 radical (unpaired) electrons. The van der Waals surface area contributed by atoms with E-state index >= 15 is 0 Å². The summed E-state index contributed by atoms with van der Waals surface area (Å²) in [4.78, 5) is 0. The van der Waals surface area contributed by atoms with Gasteiger partial charge in [-0.15, -0.1) is 15.3 Å². The molecule has 3 N–H and O–H groups in total. The van der Waals surface area contributed by atoms with E-state index in [-0.39, 0.29) is 0 Å². The van der Waals surface area contributed by atoms with Crippen molar-refractivity contribution >= 4 is 33.1 Å². The largest absolute Gasteiger partial charge is 0.258 e. The van der Waals surface area contributed by atoms with Crippen LogP contribution in [0.25, 0.3) is 33.1 Å². The second-order valence-corrected chi connectivity index (χ2v) is 9.20. The summed E-state index contributed by atoms with van der Waals surface area (Å²) in [5.74, 6) is 0. The van der Waals surface area contributed by atoms with Gasteiger partial charge in [0.1, 0.15) is 16.6 Å². The van der Waals surface area contributed by atoms with Crippen LogP contribution in [-0.4, -0.2) is 46.2 Å². The SMILES string of the molecule is c1c2c(cc3[nH]nnc13)CCc1cc3[nH]nnc3cc1CCc1cc3nn[nH]c3cc1CCC2. The van der Waals surface area contributed by atoms with Crippen molar-refractivity contribution in [1.82, 2.24) is 46.2 Å². The lowest BCUT2D eigenvalue weighted by molar-refractivity contribution is 0.799. The van der Waals surface area contributed by atoms with Crippen molar-refractivity contribution in [3.8, 4) is 0 Å². The Kier molecular flexibility index (Phi) is 4.39. The smallest absolute Gasteiger partial charge is 0.113 e. The summed E-state index contributed by atoms with van der Waals surface area (Å²) in [6, 6.07) is 13.3. The van der Waals surface area contributed by atoms with Gasteiger partial charge >= 0.3 is 0 Å². The average Bonchev–Trinajstić information content (AvgIpc) is 3.60. The third-order valence-corrected chi connectivity index (χ3v) is 7.16. The molecule has 34 heavy (non-hydrogen) atoms. The highest BCUT2D eigenvalue weighted by atomic mass is 15.3. The predicted octanol–water partition coefficient (Wildman–Crippen LogP) is 3.56. The summed E-state index contributed by atoms with van der Waals surface area (Å²) >= 11 is 0. The van der Waals surface area contributed by atoms with Crippen LogP contribution >= 0.6 is 0 Å². The summed E-state index contributed by atoms with van der Waals surface area (Å²) in [7, 11) is 0. The number of rotatable bonds is 0. The molecule has 9 heteroatoms. The second-order valence-electron chi connectivity index (χ2n) is 9.20. The molecule has 7 rings (SSSR count). The zero-order chi connectivity index (χ0) is 22.5. The number of H-pyrrole nitrogens is 3. The number of nitrogens with one attached hydrogen (secondary N) is 3. The molecule has 9 nitrogen and oxygen atoms in total. The Morgan fingerprint density at radius 1 is 0.412 bits per heavy atom. The van der Waals surface area contributed by atoms with E-state index in [9.17, 15) is 0 Å². The van der Waals surface area contributed by atoms with Gasteiger partial charge in [0.2, 0.25) is 0 Å². The van der Waals surface area contributed by atoms with Gasteiger partial charge in [0.05, 0.1) is 16.6 Å². The molecule has 0 atom stereocenters. The molecule has 6 aromatic rings. The Balaban J connectivity index is 1.36. The Morgan fingerprint density at radius 3 is 1.15 bits per heavy atom. The Morgan fingerprint density at radius 2 is 0.735 bits per heavy atom. The van der Waals surface area contributed by atoms with Crippen LogP contribution in [0.2, 0.25) is 0 Å². The molecule has 3 aromatic carbocycles. The number of fused-ring (bicyclic) bond motifs is 6. The third-order valence-electron chi connectivity index (χ3n) is 7.16. The lowest BCUT2D eigenvalue weighted by Crippen LogP contribution is -2.02. The van der Waals surface area contributed by atoms with Crippen LogP contribution in [0.4, 0.5) is 0 Å². The van der Waals surface area contributed by atoms with Crippen molar-refractivity contribution in [2.45, 2.75) is 44.9 Å². The van der Waals surface area contributed by atoms with Crippen molar-refractivity contribution < 1.29 is 0 Å². The van der Waals surface area contributed by atoms with Gasteiger partial charge in [0, 0.05) is 0 Å². The first kappa shape index (κ1) is 19.3. The molecule has 168 valence electrons. The van der Waals surface area contributed by atoms with Crippen molar-refractivity contribution in [1.29, 1.82) is 0 Å². The zero-order valence-corrected chi connectivity index (χ0v) is 18.6. The van der Waals surface area contributed by atoms with Crippen LogP contribution in [-0.2, 0) is 38.5 Å². The normalized spacial score (nSPS) is 14.8. The van der Waals surface area contributed by atoms with E-state index in [1.165, 1.54) is 33.4 Å². The minimum atomic E-state index is 0.917. The summed E-state index contributed by atoms with van der Waals surface area (Å²) in [5, 5.41) is 33.9. The van der Waals surface area contributed by atoms with E-state index in [1.807, 2.05) is 0 Å². The second kappa shape index (κ2) is 7.72. The molecule has 0 aliphatic heterocycles. The molecular weight excluding hydrogens is 426 g/mol. The minimum Gasteiger partial charge on any atom is -0.258 e. The molecule has 3 aromatic heterocycles. The summed E-state index contributed by atoms with van der Waals surface area (Å²) in [5.41, 5.74) is 13.9. The van der Waals surface area contributed by atoms with Gasteiger partial charge in [0.25, 0.3) is 0 Å². The summed E-state index contributed by atoms with van der Waals surface area (Å²) in [6.45, 7) is 0. The van der Waals surface area contributed by atoms with E-state index in [2.05, 4.69) is 82.6 Å². The first-order valence-corrected chi connectivity index (χ1v) is 11.8. The predicted molar refractivity (Wildman–Crippen MR) is 129 cm³/mol. The summed E-state index contributed by atoms with van der Waals surface area (Å²) < 4.78 is 0. The van der Waals surface area contributed by atoms with Crippen LogP contribution in [0.1, 0.15) is 39.8 Å². The first-order valence-electron chi connectivity index (χ1n) is 11.8. The van der Waals surface area contributed by atoms with Crippen LogP contribution in [0.3, 0.4) is 0 Å². The molecule has 0 saturated heterocycles. The number of benzene rings is 3. The fraction of sp³-hybridized carbons (Fsp3) is 0.280. The van der Waals surface area contributed by atoms with Crippen LogP contribution < -0.4 is 0 Å². The van der Waals surface area contributed by atoms with Crippen LogP contribution in [0.5, 0.6) is 0 Å². The molecule has 0 bridgehead atoms. The molecule has 0 fully saturated rings. The van der Waals surface area contributed by atoms with E-state index < -0.39 is 0 Å². The topological polar surface area (TPSA) is 125 Å². The number of aryl methyl sites for hydroxylation is 6. The molecule has 0 unspecified atom stereocenters. The van der Waals surface area contributed by atoms with Crippen molar-refractivity contribution in [2.75, 3.05) is 0 Å². The van der Waals surface area contributed by atoms with Crippen LogP contribution in [0, 0.1) is 0 Å². The van der Waals surface area contributed by atoms with Gasteiger partial charge in [-0.25, -0.2) is 0 Å². The van der Waals surface area contributed by atoms with E-state index in [1.54, 1.807) is 0 Å². The molecule has 3 heterocycles. The zero-order valence-electron chi connectivity index (χ0n) is 18.6. The highest BCUT2D eigenvalue weighted by Gasteiger charge is 2.15. The molecule has 1 aliphatic rings. The molecular formula is C25H23N9. The van der Waals surface area contributed by atoms with Gasteiger partial charge in [-0.2, -0.15) is 0 Å². The number of nitrogens with zero attached hydrogens (tertiary/aromatic N) is 6. The van der Waals surface area contributed by atoms with Crippen molar-refractivity contribution in [3.63, 3.8) is 0 Å². The number of aromatic amines is 3. The lowest BCUT2D eigenvalue weighted by Gasteiger charge is -2.12. The highest BCUT2D eigenvalue weighted by Crippen LogP contribution is 2.27. The lowest BCUT2D eigenvalue weighted by atomic mass is 9.93. The van der Waals surface area contributed by atoms with E-state index in [4.69, 9.17) is 0 Å². The maximum absolute atomic E-state index is 4.27. The van der Waals surface area contributed by atoms with E-state index in [0.717, 1.165) is 78.0 Å². The third kappa shape index (κ3) is 3.32.